The van der Waals surface area contributed by atoms with Crippen molar-refractivity contribution in [1.82, 2.24) is 5.32 Å². The van der Waals surface area contributed by atoms with Gasteiger partial charge in [-0.1, -0.05) is 12.0 Å². The summed E-state index contributed by atoms with van der Waals surface area (Å²) < 4.78 is 6.44. The van der Waals surface area contributed by atoms with Gasteiger partial charge in [0, 0.05) is 6.54 Å². The van der Waals surface area contributed by atoms with E-state index in [2.05, 4.69) is 33.1 Å². The van der Waals surface area contributed by atoms with Crippen LogP contribution in [0.4, 0.5) is 0 Å². The fourth-order valence-corrected chi connectivity index (χ4v) is 1.97. The van der Waals surface area contributed by atoms with Crippen molar-refractivity contribution in [2.45, 2.75) is 20.0 Å². The van der Waals surface area contributed by atoms with Crippen molar-refractivity contribution in [3.63, 3.8) is 0 Å². The Bertz CT molecular complexity index is 437. The standard InChI is InChI=1S/C14H18BrNO2/c1-3-4-7-16-9-12(17)10-18-14-6-5-11(2)8-13(14)15/h5-6,8,12,16-17H,7,9-10H2,1-2H3. The Morgan fingerprint density at radius 1 is 1.50 bits per heavy atom. The second-order valence-corrected chi connectivity index (χ2v) is 4.81. The number of hydrogen-bond acceptors (Lipinski definition) is 3. The van der Waals surface area contributed by atoms with Gasteiger partial charge in [-0.3, -0.25) is 0 Å². The van der Waals surface area contributed by atoms with Crippen molar-refractivity contribution in [2.75, 3.05) is 19.7 Å². The van der Waals surface area contributed by atoms with Gasteiger partial charge < -0.3 is 15.2 Å². The van der Waals surface area contributed by atoms with Crippen molar-refractivity contribution < 1.29 is 9.84 Å². The fourth-order valence-electron chi connectivity index (χ4n) is 1.36. The van der Waals surface area contributed by atoms with Gasteiger partial charge in [-0.2, -0.15) is 0 Å². The zero-order valence-electron chi connectivity index (χ0n) is 10.7. The van der Waals surface area contributed by atoms with E-state index in [4.69, 9.17) is 4.74 Å². The highest BCUT2D eigenvalue weighted by Gasteiger charge is 2.06. The van der Waals surface area contributed by atoms with Gasteiger partial charge in [-0.15, -0.1) is 5.92 Å². The SMILES string of the molecule is CC#CCNCC(O)COc1ccc(C)cc1Br. The van der Waals surface area contributed by atoms with Gasteiger partial charge in [0.25, 0.3) is 0 Å². The number of aliphatic hydroxyl groups is 1. The second-order valence-electron chi connectivity index (χ2n) is 3.96. The van der Waals surface area contributed by atoms with Crippen molar-refractivity contribution in [1.29, 1.82) is 0 Å². The number of rotatable bonds is 6. The van der Waals surface area contributed by atoms with Gasteiger partial charge in [-0.05, 0) is 47.5 Å². The molecule has 0 aliphatic carbocycles. The lowest BCUT2D eigenvalue weighted by molar-refractivity contribution is 0.107. The van der Waals surface area contributed by atoms with Crippen molar-refractivity contribution in [3.05, 3.63) is 28.2 Å². The van der Waals surface area contributed by atoms with Crippen LogP contribution in [0.1, 0.15) is 12.5 Å². The molecule has 0 heterocycles. The van der Waals surface area contributed by atoms with Gasteiger partial charge in [0.1, 0.15) is 18.5 Å². The van der Waals surface area contributed by atoms with E-state index in [-0.39, 0.29) is 6.61 Å². The highest BCUT2D eigenvalue weighted by Crippen LogP contribution is 2.25. The second kappa shape index (κ2) is 8.15. The quantitative estimate of drug-likeness (QED) is 0.624. The minimum atomic E-state index is -0.545. The smallest absolute Gasteiger partial charge is 0.133 e. The van der Waals surface area contributed by atoms with Crippen LogP contribution in [0, 0.1) is 18.8 Å². The molecule has 0 bridgehead atoms. The summed E-state index contributed by atoms with van der Waals surface area (Å²) in [4.78, 5) is 0. The molecule has 0 spiro atoms. The zero-order valence-corrected chi connectivity index (χ0v) is 12.3. The molecule has 1 aromatic carbocycles. The molecule has 0 saturated heterocycles. The number of ether oxygens (including phenoxy) is 1. The van der Waals surface area contributed by atoms with Crippen molar-refractivity contribution in [2.24, 2.45) is 0 Å². The van der Waals surface area contributed by atoms with E-state index in [0.717, 1.165) is 15.8 Å². The number of aliphatic hydroxyl groups excluding tert-OH is 1. The summed E-state index contributed by atoms with van der Waals surface area (Å²) in [6.45, 7) is 5.12. The molecule has 0 aliphatic rings. The Morgan fingerprint density at radius 2 is 2.28 bits per heavy atom. The Balaban J connectivity index is 2.32. The first kappa shape index (κ1) is 15.0. The Kier molecular flexibility index (Phi) is 6.81. The average Bonchev–Trinajstić information content (AvgIpc) is 2.33. The van der Waals surface area contributed by atoms with Crippen LogP contribution >= 0.6 is 15.9 Å². The van der Waals surface area contributed by atoms with E-state index in [1.54, 1.807) is 6.92 Å². The molecule has 0 aromatic heterocycles. The molecule has 0 amide bonds. The van der Waals surface area contributed by atoms with Gasteiger partial charge in [0.2, 0.25) is 0 Å². The fraction of sp³-hybridized carbons (Fsp3) is 0.429. The predicted octanol–water partition coefficient (Wildman–Crippen LogP) is 2.11. The summed E-state index contributed by atoms with van der Waals surface area (Å²) in [7, 11) is 0. The Labute approximate surface area is 117 Å². The van der Waals surface area contributed by atoms with E-state index in [9.17, 15) is 5.11 Å². The van der Waals surface area contributed by atoms with Crippen LogP contribution in [0.5, 0.6) is 5.75 Å². The Hall–Kier alpha value is -1.02. The molecular formula is C14H18BrNO2. The molecule has 1 aromatic rings. The lowest BCUT2D eigenvalue weighted by atomic mass is 10.2. The summed E-state index contributed by atoms with van der Waals surface area (Å²) in [6.07, 6.45) is -0.545. The largest absolute Gasteiger partial charge is 0.490 e. The lowest BCUT2D eigenvalue weighted by Gasteiger charge is -2.13. The maximum atomic E-state index is 9.70. The minimum absolute atomic E-state index is 0.258. The van der Waals surface area contributed by atoms with E-state index in [1.807, 2.05) is 25.1 Å². The lowest BCUT2D eigenvalue weighted by Crippen LogP contribution is -2.31. The molecule has 98 valence electrons. The molecule has 0 fully saturated rings. The van der Waals surface area contributed by atoms with E-state index < -0.39 is 6.10 Å². The maximum Gasteiger partial charge on any atom is 0.133 e. The van der Waals surface area contributed by atoms with E-state index in [0.29, 0.717) is 13.1 Å². The number of benzene rings is 1. The van der Waals surface area contributed by atoms with Gasteiger partial charge in [0.05, 0.1) is 11.0 Å². The van der Waals surface area contributed by atoms with Gasteiger partial charge in [-0.25, -0.2) is 0 Å². The summed E-state index contributed by atoms with van der Waals surface area (Å²) in [5.41, 5.74) is 1.16. The predicted molar refractivity (Wildman–Crippen MR) is 76.7 cm³/mol. The minimum Gasteiger partial charge on any atom is -0.490 e. The molecule has 1 unspecified atom stereocenters. The number of halogens is 1. The average molecular weight is 312 g/mol. The Morgan fingerprint density at radius 3 is 2.94 bits per heavy atom. The van der Waals surface area contributed by atoms with Gasteiger partial charge >= 0.3 is 0 Å². The number of nitrogens with one attached hydrogen (secondary N) is 1. The molecule has 18 heavy (non-hydrogen) atoms. The van der Waals surface area contributed by atoms with Crippen molar-refractivity contribution in [3.8, 4) is 17.6 Å². The highest BCUT2D eigenvalue weighted by atomic mass is 79.9. The van der Waals surface area contributed by atoms with Crippen LogP contribution < -0.4 is 10.1 Å². The van der Waals surface area contributed by atoms with Crippen LogP contribution in [-0.4, -0.2) is 30.9 Å². The molecule has 0 aliphatic heterocycles. The number of hydrogen-bond donors (Lipinski definition) is 2. The maximum absolute atomic E-state index is 9.70. The van der Waals surface area contributed by atoms with E-state index >= 15 is 0 Å². The van der Waals surface area contributed by atoms with Crippen LogP contribution in [0.2, 0.25) is 0 Å². The summed E-state index contributed by atoms with van der Waals surface area (Å²) in [5.74, 6) is 6.40. The first-order valence-electron chi connectivity index (χ1n) is 5.81. The van der Waals surface area contributed by atoms with Crippen molar-refractivity contribution >= 4 is 15.9 Å². The molecule has 1 rings (SSSR count). The summed E-state index contributed by atoms with van der Waals surface area (Å²) in [5, 5.41) is 12.7. The molecule has 3 nitrogen and oxygen atoms in total. The third-order valence-electron chi connectivity index (χ3n) is 2.29. The first-order chi connectivity index (χ1) is 8.63. The van der Waals surface area contributed by atoms with Crippen LogP contribution in [0.3, 0.4) is 0 Å². The topological polar surface area (TPSA) is 41.5 Å². The highest BCUT2D eigenvalue weighted by molar-refractivity contribution is 9.10. The molecule has 0 radical (unpaired) electrons. The molecule has 1 atom stereocenters. The number of aryl methyl sites for hydroxylation is 1. The summed E-state index contributed by atoms with van der Waals surface area (Å²) in [6, 6.07) is 5.85. The normalized spacial score (nSPS) is 11.6. The monoisotopic (exact) mass is 311 g/mol. The van der Waals surface area contributed by atoms with Crippen LogP contribution in [0.25, 0.3) is 0 Å². The summed E-state index contributed by atoms with van der Waals surface area (Å²) >= 11 is 3.43. The van der Waals surface area contributed by atoms with Crippen LogP contribution in [-0.2, 0) is 0 Å². The molecule has 0 saturated carbocycles. The van der Waals surface area contributed by atoms with Gasteiger partial charge in [0.15, 0.2) is 0 Å². The zero-order chi connectivity index (χ0) is 13.4. The first-order valence-corrected chi connectivity index (χ1v) is 6.60. The molecule has 2 N–H and O–H groups in total. The van der Waals surface area contributed by atoms with E-state index in [1.165, 1.54) is 0 Å². The van der Waals surface area contributed by atoms with Crippen LogP contribution in [0.15, 0.2) is 22.7 Å². The third kappa shape index (κ3) is 5.54. The third-order valence-corrected chi connectivity index (χ3v) is 2.91. The molecule has 4 heteroatoms. The molecular weight excluding hydrogens is 294 g/mol.